The number of carboxylic acid groups (broad SMARTS) is 1. The summed E-state index contributed by atoms with van der Waals surface area (Å²) in [6.45, 7) is 8.36. The number of hydrogen-bond donors (Lipinski definition) is 1. The quantitative estimate of drug-likeness (QED) is 0.737. The number of hydrogen-bond acceptors (Lipinski definition) is 2. The van der Waals surface area contributed by atoms with E-state index in [9.17, 15) is 4.79 Å². The van der Waals surface area contributed by atoms with E-state index < -0.39 is 5.97 Å². The number of piperidine rings is 1. The molecule has 0 saturated carbocycles. The van der Waals surface area contributed by atoms with Crippen LogP contribution in [0.1, 0.15) is 33.6 Å². The molecule has 3 nitrogen and oxygen atoms in total. The molecule has 0 atom stereocenters. The highest BCUT2D eigenvalue weighted by atomic mass is 35.5. The van der Waals surface area contributed by atoms with E-state index >= 15 is 0 Å². The van der Waals surface area contributed by atoms with E-state index in [0.717, 1.165) is 25.9 Å². The maximum absolute atomic E-state index is 10.7. The maximum Gasteiger partial charge on any atom is 0.306 e. The van der Waals surface area contributed by atoms with Crippen molar-refractivity contribution in [3.63, 3.8) is 0 Å². The van der Waals surface area contributed by atoms with Crippen LogP contribution in [0, 0.1) is 5.92 Å². The van der Waals surface area contributed by atoms with Gasteiger partial charge in [-0.25, -0.2) is 0 Å². The number of aliphatic carboxylic acids is 1. The first kappa shape index (κ1) is 13.7. The van der Waals surface area contributed by atoms with Crippen molar-refractivity contribution in [1.82, 2.24) is 4.90 Å². The van der Waals surface area contributed by atoms with Gasteiger partial charge >= 0.3 is 5.97 Å². The molecular weight excluding hydrogens is 202 g/mol. The van der Waals surface area contributed by atoms with Gasteiger partial charge in [0.1, 0.15) is 0 Å². The maximum atomic E-state index is 10.7. The summed E-state index contributed by atoms with van der Waals surface area (Å²) in [7, 11) is 0. The Labute approximate surface area is 91.9 Å². The van der Waals surface area contributed by atoms with E-state index in [0.29, 0.717) is 0 Å². The summed E-state index contributed by atoms with van der Waals surface area (Å²) in [5.41, 5.74) is 0.184. The first-order valence-electron chi connectivity index (χ1n) is 4.89. The average molecular weight is 222 g/mol. The molecule has 1 aliphatic heterocycles. The van der Waals surface area contributed by atoms with Gasteiger partial charge in [0.25, 0.3) is 0 Å². The number of carboxylic acids is 1. The average Bonchev–Trinajstić information content (AvgIpc) is 2.03. The summed E-state index contributed by atoms with van der Waals surface area (Å²) in [6, 6.07) is 0. The van der Waals surface area contributed by atoms with Gasteiger partial charge in [0.2, 0.25) is 0 Å². The van der Waals surface area contributed by atoms with Crippen molar-refractivity contribution in [2.24, 2.45) is 5.92 Å². The number of halogens is 1. The topological polar surface area (TPSA) is 40.5 Å². The van der Waals surface area contributed by atoms with Gasteiger partial charge in [-0.05, 0) is 46.7 Å². The predicted molar refractivity (Wildman–Crippen MR) is 58.9 cm³/mol. The molecule has 1 fully saturated rings. The molecule has 0 bridgehead atoms. The van der Waals surface area contributed by atoms with Gasteiger partial charge in [0, 0.05) is 5.54 Å². The minimum atomic E-state index is -0.631. The molecule has 1 N–H and O–H groups in total. The van der Waals surface area contributed by atoms with Crippen LogP contribution in [0.25, 0.3) is 0 Å². The van der Waals surface area contributed by atoms with E-state index in [-0.39, 0.29) is 23.9 Å². The minimum Gasteiger partial charge on any atom is -0.481 e. The molecule has 0 aromatic rings. The van der Waals surface area contributed by atoms with Crippen LogP contribution in [0.5, 0.6) is 0 Å². The summed E-state index contributed by atoms with van der Waals surface area (Å²) < 4.78 is 0. The Balaban J connectivity index is 0.00000169. The summed E-state index contributed by atoms with van der Waals surface area (Å²) in [4.78, 5) is 13.0. The molecule has 0 amide bonds. The van der Waals surface area contributed by atoms with Gasteiger partial charge in [-0.3, -0.25) is 9.69 Å². The van der Waals surface area contributed by atoms with Crippen LogP contribution in [0.15, 0.2) is 0 Å². The first-order chi connectivity index (χ1) is 5.91. The fourth-order valence-electron chi connectivity index (χ4n) is 1.80. The predicted octanol–water partition coefficient (Wildman–Crippen LogP) is 2.00. The fourth-order valence-corrected chi connectivity index (χ4v) is 1.80. The number of nitrogens with zero attached hydrogens (tertiary/aromatic N) is 1. The molecule has 0 radical (unpaired) electrons. The van der Waals surface area contributed by atoms with E-state index in [1.165, 1.54) is 0 Å². The zero-order valence-electron chi connectivity index (χ0n) is 9.12. The molecule has 1 saturated heterocycles. The summed E-state index contributed by atoms with van der Waals surface area (Å²) in [5, 5.41) is 8.81. The Morgan fingerprint density at radius 1 is 1.29 bits per heavy atom. The SMILES string of the molecule is CC(C)(C)N1CCC(C(=O)O)CC1.Cl. The van der Waals surface area contributed by atoms with Gasteiger partial charge in [-0.15, -0.1) is 12.4 Å². The summed E-state index contributed by atoms with van der Waals surface area (Å²) >= 11 is 0. The normalized spacial score (nSPS) is 20.2. The molecular formula is C10H20ClNO2. The van der Waals surface area contributed by atoms with Crippen LogP contribution < -0.4 is 0 Å². The van der Waals surface area contributed by atoms with Crippen molar-refractivity contribution < 1.29 is 9.90 Å². The van der Waals surface area contributed by atoms with E-state index in [1.54, 1.807) is 0 Å². The molecule has 0 aliphatic carbocycles. The highest BCUT2D eigenvalue weighted by molar-refractivity contribution is 5.85. The standard InChI is InChI=1S/C10H19NO2.ClH/c1-10(2,3)11-6-4-8(5-7-11)9(12)13;/h8H,4-7H2,1-3H3,(H,12,13);1H. The third-order valence-electron chi connectivity index (χ3n) is 2.79. The Kier molecular flexibility index (Phi) is 4.89. The zero-order valence-corrected chi connectivity index (χ0v) is 9.93. The van der Waals surface area contributed by atoms with E-state index in [1.807, 2.05) is 0 Å². The lowest BCUT2D eigenvalue weighted by atomic mass is 9.93. The van der Waals surface area contributed by atoms with Gasteiger partial charge in [-0.2, -0.15) is 0 Å². The first-order valence-corrected chi connectivity index (χ1v) is 4.89. The van der Waals surface area contributed by atoms with Gasteiger partial charge in [0.15, 0.2) is 0 Å². The Morgan fingerprint density at radius 3 is 2.00 bits per heavy atom. The smallest absolute Gasteiger partial charge is 0.306 e. The second kappa shape index (κ2) is 4.99. The van der Waals surface area contributed by atoms with Crippen LogP contribution in [0.3, 0.4) is 0 Å². The molecule has 0 aromatic carbocycles. The molecule has 0 spiro atoms. The number of likely N-dealkylation sites (tertiary alicyclic amines) is 1. The molecule has 0 unspecified atom stereocenters. The van der Waals surface area contributed by atoms with Crippen molar-refractivity contribution in [1.29, 1.82) is 0 Å². The summed E-state index contributed by atoms with van der Waals surface area (Å²) in [6.07, 6.45) is 1.60. The monoisotopic (exact) mass is 221 g/mol. The lowest BCUT2D eigenvalue weighted by molar-refractivity contribution is -0.143. The van der Waals surface area contributed by atoms with Crippen molar-refractivity contribution in [2.45, 2.75) is 39.2 Å². The zero-order chi connectivity index (χ0) is 10.1. The Bertz CT molecular complexity index is 193. The second-order valence-corrected chi connectivity index (χ2v) is 4.77. The van der Waals surface area contributed by atoms with Gasteiger partial charge in [-0.1, -0.05) is 0 Å². The van der Waals surface area contributed by atoms with Gasteiger partial charge in [0.05, 0.1) is 5.92 Å². The number of rotatable bonds is 1. The largest absolute Gasteiger partial charge is 0.481 e. The van der Waals surface area contributed by atoms with Crippen molar-refractivity contribution >= 4 is 18.4 Å². The minimum absolute atomic E-state index is 0. The third kappa shape index (κ3) is 3.46. The van der Waals surface area contributed by atoms with Crippen LogP contribution in [0.4, 0.5) is 0 Å². The van der Waals surface area contributed by atoms with E-state index in [2.05, 4.69) is 25.7 Å². The van der Waals surface area contributed by atoms with Crippen molar-refractivity contribution in [3.05, 3.63) is 0 Å². The Hall–Kier alpha value is -0.280. The van der Waals surface area contributed by atoms with Crippen LogP contribution in [-0.2, 0) is 4.79 Å². The fraction of sp³-hybridized carbons (Fsp3) is 0.900. The molecule has 0 aromatic heterocycles. The molecule has 1 rings (SSSR count). The highest BCUT2D eigenvalue weighted by Gasteiger charge is 2.29. The summed E-state index contributed by atoms with van der Waals surface area (Å²) in [5.74, 6) is -0.743. The lowest BCUT2D eigenvalue weighted by Gasteiger charge is -2.39. The Morgan fingerprint density at radius 2 is 1.71 bits per heavy atom. The van der Waals surface area contributed by atoms with Crippen LogP contribution >= 0.6 is 12.4 Å². The third-order valence-corrected chi connectivity index (χ3v) is 2.79. The van der Waals surface area contributed by atoms with Gasteiger partial charge < -0.3 is 5.11 Å². The van der Waals surface area contributed by atoms with Crippen LogP contribution in [-0.4, -0.2) is 34.6 Å². The number of carbonyl (C=O) groups is 1. The molecule has 1 aliphatic rings. The molecule has 1 heterocycles. The molecule has 4 heteroatoms. The lowest BCUT2D eigenvalue weighted by Crippen LogP contribution is -2.47. The van der Waals surface area contributed by atoms with E-state index in [4.69, 9.17) is 5.11 Å². The molecule has 14 heavy (non-hydrogen) atoms. The second-order valence-electron chi connectivity index (χ2n) is 4.77. The van der Waals surface area contributed by atoms with Crippen LogP contribution in [0.2, 0.25) is 0 Å². The van der Waals surface area contributed by atoms with Crippen molar-refractivity contribution in [2.75, 3.05) is 13.1 Å². The molecule has 84 valence electrons. The van der Waals surface area contributed by atoms with Crippen molar-refractivity contribution in [3.8, 4) is 0 Å². The highest BCUT2D eigenvalue weighted by Crippen LogP contribution is 2.23.